The Balaban J connectivity index is 6.53. The van der Waals surface area contributed by atoms with Crippen LogP contribution in [0.2, 0.25) is 0 Å². The fraction of sp³-hybridized carbons (Fsp3) is 1.00. The molecule has 0 saturated heterocycles. The maximum absolute atomic E-state index is 12.0. The van der Waals surface area contributed by atoms with Gasteiger partial charge in [0.1, 0.15) is 0 Å². The van der Waals surface area contributed by atoms with E-state index in [1.54, 1.807) is 0 Å². The van der Waals surface area contributed by atoms with Gasteiger partial charge in [0.15, 0.2) is 0 Å². The molecule has 0 aliphatic heterocycles. The van der Waals surface area contributed by atoms with Gasteiger partial charge in [-0.1, -0.05) is 6.92 Å². The summed E-state index contributed by atoms with van der Waals surface area (Å²) < 4.78 is 197. The predicted octanol–water partition coefficient (Wildman–Crippen LogP) is -1.09. The Labute approximate surface area is 221 Å². The van der Waals surface area contributed by atoms with Crippen LogP contribution in [-0.4, -0.2) is 109 Å². The maximum atomic E-state index is 12.0. The molecule has 0 aromatic heterocycles. The zero-order valence-corrected chi connectivity index (χ0v) is 24.6. The lowest BCUT2D eigenvalue weighted by Crippen LogP contribution is -2.40. The van der Waals surface area contributed by atoms with Gasteiger partial charge in [-0.3, -0.25) is 27.3 Å². The average Bonchev–Trinajstić information content (AvgIpc) is 2.62. The highest BCUT2D eigenvalue weighted by Gasteiger charge is 2.42. The van der Waals surface area contributed by atoms with E-state index in [1.807, 2.05) is 0 Å². The topological polar surface area (TPSA) is 326 Å². The zero-order chi connectivity index (χ0) is 30.7. The molecular weight excluding hydrogens is 649 g/mol. The smallest absolute Gasteiger partial charge is 0.267 e. The second-order valence-corrected chi connectivity index (χ2v) is 18.9. The van der Waals surface area contributed by atoms with E-state index in [0.717, 1.165) is 6.92 Å². The van der Waals surface area contributed by atoms with Crippen molar-refractivity contribution in [2.24, 2.45) is 0 Å². The van der Waals surface area contributed by atoms with Gasteiger partial charge >= 0.3 is 0 Å². The highest BCUT2D eigenvalue weighted by Crippen LogP contribution is 2.29. The van der Waals surface area contributed by atoms with E-state index in [2.05, 4.69) is 0 Å². The monoisotopic (exact) mass is 678 g/mol. The molecular formula is C14H30O18S6. The Morgan fingerprint density at radius 1 is 0.395 bits per heavy atom. The Bertz CT molecular complexity index is 1460. The molecule has 0 radical (unpaired) electrons. The van der Waals surface area contributed by atoms with Crippen molar-refractivity contribution in [2.45, 2.75) is 83.9 Å². The van der Waals surface area contributed by atoms with E-state index in [0.29, 0.717) is 0 Å². The maximum Gasteiger partial charge on any atom is 0.267 e. The van der Waals surface area contributed by atoms with Crippen LogP contribution in [-0.2, 0) is 60.7 Å². The summed E-state index contributed by atoms with van der Waals surface area (Å²) in [6.45, 7) is 1.95. The molecule has 24 heteroatoms. The summed E-state index contributed by atoms with van der Waals surface area (Å²) in [5.74, 6) is 0. The molecule has 0 amide bonds. The van der Waals surface area contributed by atoms with Gasteiger partial charge in [0, 0.05) is 0 Å². The van der Waals surface area contributed by atoms with Gasteiger partial charge in [0.2, 0.25) is 0 Å². The molecule has 0 aromatic rings. The average molecular weight is 679 g/mol. The summed E-state index contributed by atoms with van der Waals surface area (Å²) in [6, 6.07) is 0. The van der Waals surface area contributed by atoms with E-state index >= 15 is 0 Å². The minimum atomic E-state index is -5.48. The van der Waals surface area contributed by atoms with E-state index in [9.17, 15) is 73.3 Å². The van der Waals surface area contributed by atoms with E-state index in [1.165, 1.54) is 6.92 Å². The Morgan fingerprint density at radius 3 is 0.789 bits per heavy atom. The predicted molar refractivity (Wildman–Crippen MR) is 131 cm³/mol. The van der Waals surface area contributed by atoms with Crippen LogP contribution in [0.15, 0.2) is 0 Å². The van der Waals surface area contributed by atoms with Gasteiger partial charge in [0.25, 0.3) is 60.7 Å². The van der Waals surface area contributed by atoms with Crippen LogP contribution < -0.4 is 0 Å². The lowest BCUT2D eigenvalue weighted by atomic mass is 10.0. The molecule has 18 nitrogen and oxygen atoms in total. The molecule has 6 unspecified atom stereocenters. The van der Waals surface area contributed by atoms with Gasteiger partial charge in [-0.05, 0) is 45.4 Å². The highest BCUT2D eigenvalue weighted by atomic mass is 32.2. The number of hydrogen-bond donors (Lipinski definition) is 6. The first-order valence-electron chi connectivity index (χ1n) is 10.3. The minimum Gasteiger partial charge on any atom is -0.285 e. The van der Waals surface area contributed by atoms with Gasteiger partial charge in [-0.15, -0.1) is 0 Å². The first kappa shape index (κ1) is 37.5. The van der Waals surface area contributed by atoms with Crippen LogP contribution in [0.1, 0.15) is 52.4 Å². The summed E-state index contributed by atoms with van der Waals surface area (Å²) in [4.78, 5) is 0. The number of rotatable bonds is 17. The van der Waals surface area contributed by atoms with E-state index < -0.39 is 131 Å². The lowest BCUT2D eigenvalue weighted by molar-refractivity contribution is 0.408. The van der Waals surface area contributed by atoms with Crippen molar-refractivity contribution in [3.05, 3.63) is 0 Å². The normalized spacial score (nSPS) is 19.3. The summed E-state index contributed by atoms with van der Waals surface area (Å²) in [6.07, 6.45) is -7.03. The molecule has 0 aliphatic carbocycles. The molecule has 0 aromatic carbocycles. The van der Waals surface area contributed by atoms with Crippen molar-refractivity contribution in [1.29, 1.82) is 0 Å². The molecule has 0 spiro atoms. The van der Waals surface area contributed by atoms with Gasteiger partial charge in [0.05, 0.1) is 31.5 Å². The first-order valence-corrected chi connectivity index (χ1v) is 19.3. The van der Waals surface area contributed by atoms with Crippen molar-refractivity contribution in [3.8, 4) is 0 Å². The van der Waals surface area contributed by atoms with E-state index in [4.69, 9.17) is 4.55 Å². The third-order valence-electron chi connectivity index (χ3n) is 5.77. The first-order chi connectivity index (χ1) is 16.5. The number of hydrogen-bond acceptors (Lipinski definition) is 12. The second kappa shape index (κ2) is 13.0. The molecule has 0 aliphatic rings. The Hall–Kier alpha value is -0.540. The lowest BCUT2D eigenvalue weighted by Gasteiger charge is -2.26. The Morgan fingerprint density at radius 2 is 0.605 bits per heavy atom. The zero-order valence-electron chi connectivity index (χ0n) is 19.7. The van der Waals surface area contributed by atoms with Crippen LogP contribution in [0.4, 0.5) is 0 Å². The van der Waals surface area contributed by atoms with Crippen molar-refractivity contribution in [2.75, 3.05) is 0 Å². The molecule has 6 N–H and O–H groups in total. The highest BCUT2D eigenvalue weighted by molar-refractivity contribution is 7.89. The largest absolute Gasteiger partial charge is 0.285 e. The van der Waals surface area contributed by atoms with Crippen molar-refractivity contribution >= 4 is 60.7 Å². The fourth-order valence-corrected chi connectivity index (χ4v) is 9.36. The summed E-state index contributed by atoms with van der Waals surface area (Å²) in [5, 5.41) is -13.5. The quantitative estimate of drug-likeness (QED) is 0.0994. The molecule has 0 bridgehead atoms. The van der Waals surface area contributed by atoms with Crippen LogP contribution in [0.3, 0.4) is 0 Å². The molecule has 38 heavy (non-hydrogen) atoms. The standard InChI is InChI=1S/C14H30O18S6/c1-3-10(34(18,19)20)5-12(36(24,25)26)7-14(38(30,31)32)8-13(37(27,28)29)6-11(35(21,22)23)4-9(2)33(15,16)17/h9-14H,3-8H2,1-2H3,(H,15,16,17)(H,18,19,20)(H,21,22,23)(H,24,25,26)(H,27,28,29)(H,30,31,32). The molecule has 6 atom stereocenters. The van der Waals surface area contributed by atoms with Crippen LogP contribution >= 0.6 is 0 Å². The third-order valence-corrected chi connectivity index (χ3v) is 13.3. The van der Waals surface area contributed by atoms with Crippen LogP contribution in [0.5, 0.6) is 0 Å². The van der Waals surface area contributed by atoms with Gasteiger partial charge in [-0.2, -0.15) is 50.5 Å². The molecule has 0 heterocycles. The van der Waals surface area contributed by atoms with Gasteiger partial charge in [-0.25, -0.2) is 0 Å². The van der Waals surface area contributed by atoms with Crippen molar-refractivity contribution < 1.29 is 77.8 Å². The molecule has 0 saturated carbocycles. The summed E-state index contributed by atoms with van der Waals surface area (Å²) in [5.41, 5.74) is 0. The van der Waals surface area contributed by atoms with Gasteiger partial charge < -0.3 is 0 Å². The minimum absolute atomic E-state index is 0.434. The molecule has 0 rings (SSSR count). The molecule has 0 fully saturated rings. The Kier molecular flexibility index (Phi) is 12.8. The van der Waals surface area contributed by atoms with Crippen LogP contribution in [0.25, 0.3) is 0 Å². The summed E-state index contributed by atoms with van der Waals surface area (Å²) >= 11 is 0. The molecule has 230 valence electrons. The summed E-state index contributed by atoms with van der Waals surface area (Å²) in [7, 11) is -31.5. The van der Waals surface area contributed by atoms with Crippen molar-refractivity contribution in [3.63, 3.8) is 0 Å². The third kappa shape index (κ3) is 12.8. The second-order valence-electron chi connectivity index (χ2n) is 8.60. The SMILES string of the molecule is CCC(CC(CC(CC(CC(CC(C)S(=O)(=O)O)S(=O)(=O)O)S(=O)(=O)O)S(=O)(=O)O)S(=O)(=O)O)S(=O)(=O)O. The van der Waals surface area contributed by atoms with Crippen molar-refractivity contribution in [1.82, 2.24) is 0 Å². The van der Waals surface area contributed by atoms with E-state index in [-0.39, 0.29) is 0 Å². The fourth-order valence-electron chi connectivity index (χ4n) is 3.52. The van der Waals surface area contributed by atoms with Crippen LogP contribution in [0, 0.1) is 0 Å².